The Morgan fingerprint density at radius 2 is 1.97 bits per heavy atom. The molecule has 2 heterocycles. The van der Waals surface area contributed by atoms with Gasteiger partial charge in [0.05, 0.1) is 24.1 Å². The number of aliphatic carboxylic acids is 1. The number of hydrogen-bond acceptors (Lipinski definition) is 4. The molecular weight excluding hydrogens is 512 g/mol. The van der Waals surface area contributed by atoms with Crippen molar-refractivity contribution in [3.8, 4) is 5.75 Å². The van der Waals surface area contributed by atoms with Crippen molar-refractivity contribution in [2.45, 2.75) is 50.9 Å². The number of likely N-dealkylation sites (tertiary alicyclic amines) is 1. The highest BCUT2D eigenvalue weighted by molar-refractivity contribution is 5.83. The Morgan fingerprint density at radius 1 is 1.18 bits per heavy atom. The first-order valence-corrected chi connectivity index (χ1v) is 13.3. The number of carbonyl (C=O) groups is 1. The average molecular weight is 547 g/mol. The number of halogens is 4. The van der Waals surface area contributed by atoms with Crippen LogP contribution in [0.4, 0.5) is 17.6 Å². The summed E-state index contributed by atoms with van der Waals surface area (Å²) in [6.45, 7) is 1.69. The number of unbranched alkanes of at least 4 members (excludes halogenated alkanes) is 1. The van der Waals surface area contributed by atoms with Gasteiger partial charge in [0.2, 0.25) is 0 Å². The summed E-state index contributed by atoms with van der Waals surface area (Å²) in [5.74, 6) is -1.02. The summed E-state index contributed by atoms with van der Waals surface area (Å²) < 4.78 is 60.3. The molecule has 2 aromatic carbocycles. The normalized spacial score (nSPS) is 19.2. The van der Waals surface area contributed by atoms with Gasteiger partial charge in [0, 0.05) is 18.1 Å². The summed E-state index contributed by atoms with van der Waals surface area (Å²) in [6.07, 6.45) is -1.16. The van der Waals surface area contributed by atoms with Crippen LogP contribution in [0.25, 0.3) is 10.9 Å². The molecule has 1 unspecified atom stereocenters. The fraction of sp³-hybridized carbons (Fsp3) is 0.467. The lowest BCUT2D eigenvalue weighted by Gasteiger charge is -2.37. The SMILES string of the molecule is COc1ccc2nccc(C(F)CC[C@@H]3CCN(CCCCc4ccccc4C(F)(F)F)C[C@@H]3C(=O)O)c2c1. The highest BCUT2D eigenvalue weighted by Crippen LogP contribution is 2.36. The van der Waals surface area contributed by atoms with Crippen LogP contribution in [0.5, 0.6) is 5.75 Å². The molecule has 3 aromatic rings. The minimum atomic E-state index is -4.37. The molecule has 1 aliphatic heterocycles. The zero-order valence-corrected chi connectivity index (χ0v) is 22.0. The summed E-state index contributed by atoms with van der Waals surface area (Å²) in [5, 5.41) is 10.6. The minimum absolute atomic E-state index is 0.140. The van der Waals surface area contributed by atoms with E-state index in [9.17, 15) is 23.1 Å². The number of rotatable bonds is 11. The number of piperidine rings is 1. The van der Waals surface area contributed by atoms with Gasteiger partial charge in [-0.3, -0.25) is 9.78 Å². The summed E-state index contributed by atoms with van der Waals surface area (Å²) in [7, 11) is 1.55. The van der Waals surface area contributed by atoms with Crippen molar-refractivity contribution in [2.24, 2.45) is 11.8 Å². The average Bonchev–Trinajstić information content (AvgIpc) is 2.93. The molecule has 210 valence electrons. The lowest BCUT2D eigenvalue weighted by atomic mass is 9.81. The van der Waals surface area contributed by atoms with Crippen molar-refractivity contribution in [1.82, 2.24) is 9.88 Å². The predicted octanol–water partition coefficient (Wildman–Crippen LogP) is 7.10. The quantitative estimate of drug-likeness (QED) is 0.205. The number of aryl methyl sites for hydroxylation is 1. The highest BCUT2D eigenvalue weighted by atomic mass is 19.4. The second kappa shape index (κ2) is 12.8. The maximum Gasteiger partial charge on any atom is 0.416 e. The maximum absolute atomic E-state index is 15.4. The van der Waals surface area contributed by atoms with Crippen LogP contribution in [0.1, 0.15) is 55.0 Å². The topological polar surface area (TPSA) is 62.7 Å². The Hall–Kier alpha value is -3.20. The molecule has 5 nitrogen and oxygen atoms in total. The summed E-state index contributed by atoms with van der Waals surface area (Å²) in [4.78, 5) is 18.4. The Morgan fingerprint density at radius 3 is 2.72 bits per heavy atom. The van der Waals surface area contributed by atoms with E-state index in [4.69, 9.17) is 4.74 Å². The van der Waals surface area contributed by atoms with Crippen LogP contribution in [-0.2, 0) is 17.4 Å². The van der Waals surface area contributed by atoms with Crippen LogP contribution in [0.2, 0.25) is 0 Å². The Balaban J connectivity index is 1.29. The minimum Gasteiger partial charge on any atom is -0.497 e. The van der Waals surface area contributed by atoms with E-state index < -0.39 is 29.8 Å². The third-order valence-electron chi connectivity index (χ3n) is 7.76. The van der Waals surface area contributed by atoms with Crippen molar-refractivity contribution in [1.29, 1.82) is 0 Å². The van der Waals surface area contributed by atoms with E-state index in [-0.39, 0.29) is 17.9 Å². The van der Waals surface area contributed by atoms with Gasteiger partial charge in [-0.1, -0.05) is 18.2 Å². The highest BCUT2D eigenvalue weighted by Gasteiger charge is 2.35. The molecular formula is C30H34F4N2O3. The lowest BCUT2D eigenvalue weighted by molar-refractivity contribution is -0.146. The molecule has 39 heavy (non-hydrogen) atoms. The van der Waals surface area contributed by atoms with Gasteiger partial charge >= 0.3 is 12.1 Å². The smallest absolute Gasteiger partial charge is 0.416 e. The number of aromatic nitrogens is 1. The van der Waals surface area contributed by atoms with Crippen LogP contribution in [0, 0.1) is 11.8 Å². The summed E-state index contributed by atoms with van der Waals surface area (Å²) in [5.41, 5.74) is 0.889. The van der Waals surface area contributed by atoms with E-state index in [1.54, 1.807) is 43.6 Å². The number of ether oxygens (including phenoxy) is 1. The van der Waals surface area contributed by atoms with E-state index >= 15 is 4.39 Å². The van der Waals surface area contributed by atoms with Gasteiger partial charge in [-0.25, -0.2) is 4.39 Å². The third kappa shape index (κ3) is 7.26. The Labute approximate surface area is 225 Å². The van der Waals surface area contributed by atoms with Crippen LogP contribution in [0.15, 0.2) is 54.7 Å². The first-order chi connectivity index (χ1) is 18.7. The number of carboxylic acids is 1. The summed E-state index contributed by atoms with van der Waals surface area (Å²) in [6, 6.07) is 12.6. The number of carboxylic acid groups (broad SMARTS) is 1. The zero-order valence-electron chi connectivity index (χ0n) is 22.0. The molecule has 3 atom stereocenters. The second-order valence-corrected chi connectivity index (χ2v) is 10.2. The second-order valence-electron chi connectivity index (χ2n) is 10.2. The van der Waals surface area contributed by atoms with Crippen LogP contribution >= 0.6 is 0 Å². The van der Waals surface area contributed by atoms with E-state index in [2.05, 4.69) is 9.88 Å². The number of methoxy groups -OCH3 is 1. The number of benzene rings is 2. The number of alkyl halides is 4. The fourth-order valence-corrected chi connectivity index (χ4v) is 5.62. The first kappa shape index (κ1) is 28.8. The van der Waals surface area contributed by atoms with Gasteiger partial charge in [-0.15, -0.1) is 0 Å². The number of nitrogens with zero attached hydrogens (tertiary/aromatic N) is 2. The first-order valence-electron chi connectivity index (χ1n) is 13.3. The predicted molar refractivity (Wildman–Crippen MR) is 141 cm³/mol. The molecule has 1 fully saturated rings. The zero-order chi connectivity index (χ0) is 28.0. The standard InChI is InChI=1S/C30H34F4N2O3/c1-39-22-10-12-28-24(18-22)23(13-15-35-28)27(31)11-9-20-14-17-36(19-25(20)29(37)38)16-5-4-7-21-6-2-3-8-26(21)30(32,33)34/h2-3,6,8,10,12-13,15,18,20,25,27H,4-5,7,9,11,14,16-17,19H2,1H3,(H,37,38)/t20-,25+,27?/m1/s1. The van der Waals surface area contributed by atoms with Crippen LogP contribution in [0.3, 0.4) is 0 Å². The van der Waals surface area contributed by atoms with Crippen LogP contribution in [-0.4, -0.2) is 47.7 Å². The molecule has 0 bridgehead atoms. The van der Waals surface area contributed by atoms with E-state index in [0.717, 1.165) is 6.07 Å². The molecule has 1 N–H and O–H groups in total. The largest absolute Gasteiger partial charge is 0.497 e. The Bertz CT molecular complexity index is 1270. The van der Waals surface area contributed by atoms with E-state index in [1.165, 1.54) is 12.1 Å². The maximum atomic E-state index is 15.4. The lowest BCUT2D eigenvalue weighted by Crippen LogP contribution is -2.44. The number of fused-ring (bicyclic) bond motifs is 1. The van der Waals surface area contributed by atoms with E-state index in [0.29, 0.717) is 74.0 Å². The van der Waals surface area contributed by atoms with Gasteiger partial charge in [-0.05, 0) is 99.0 Å². The fourth-order valence-electron chi connectivity index (χ4n) is 5.62. The molecule has 1 aliphatic rings. The van der Waals surface area contributed by atoms with Crippen molar-refractivity contribution in [3.63, 3.8) is 0 Å². The monoisotopic (exact) mass is 546 g/mol. The Kier molecular flexibility index (Phi) is 9.43. The van der Waals surface area contributed by atoms with E-state index in [1.807, 2.05) is 0 Å². The number of pyridine rings is 1. The summed E-state index contributed by atoms with van der Waals surface area (Å²) >= 11 is 0. The van der Waals surface area contributed by atoms with Crippen molar-refractivity contribution < 1.29 is 32.2 Å². The third-order valence-corrected chi connectivity index (χ3v) is 7.76. The van der Waals surface area contributed by atoms with Gasteiger partial charge < -0.3 is 14.7 Å². The van der Waals surface area contributed by atoms with Crippen molar-refractivity contribution in [3.05, 3.63) is 71.4 Å². The van der Waals surface area contributed by atoms with Gasteiger partial charge in [0.15, 0.2) is 0 Å². The molecule has 9 heteroatoms. The molecule has 0 radical (unpaired) electrons. The molecule has 0 aliphatic carbocycles. The van der Waals surface area contributed by atoms with Gasteiger partial charge in [-0.2, -0.15) is 13.2 Å². The molecule has 0 amide bonds. The molecule has 4 rings (SSSR count). The number of hydrogen-bond donors (Lipinski definition) is 1. The molecule has 1 saturated heterocycles. The van der Waals surface area contributed by atoms with Crippen molar-refractivity contribution >= 4 is 16.9 Å². The van der Waals surface area contributed by atoms with Crippen molar-refractivity contribution in [2.75, 3.05) is 26.7 Å². The van der Waals surface area contributed by atoms with Gasteiger partial charge in [0.25, 0.3) is 0 Å². The van der Waals surface area contributed by atoms with Crippen LogP contribution < -0.4 is 4.74 Å². The van der Waals surface area contributed by atoms with Gasteiger partial charge in [0.1, 0.15) is 11.9 Å². The molecule has 1 aromatic heterocycles. The molecule has 0 saturated carbocycles. The molecule has 0 spiro atoms.